The van der Waals surface area contributed by atoms with Crippen molar-refractivity contribution in [3.05, 3.63) is 48.0 Å². The zero-order chi connectivity index (χ0) is 19.1. The summed E-state index contributed by atoms with van der Waals surface area (Å²) in [7, 11) is 0. The molecule has 0 saturated carbocycles. The molecule has 144 valence electrons. The Labute approximate surface area is 161 Å². The minimum absolute atomic E-state index is 0.353. The van der Waals surface area contributed by atoms with Crippen molar-refractivity contribution in [1.82, 2.24) is 13.2 Å². The lowest BCUT2D eigenvalue weighted by molar-refractivity contribution is 0.136. The first-order valence-electron chi connectivity index (χ1n) is 9.17. The third-order valence-electron chi connectivity index (χ3n) is 4.96. The molecule has 0 bridgehead atoms. The quantitative estimate of drug-likeness (QED) is 0.666. The molecular formula is C20H23F2N3OS. The van der Waals surface area contributed by atoms with E-state index in [0.717, 1.165) is 24.1 Å². The maximum Gasteiger partial charge on any atom is 0.123 e. The molecule has 1 N–H and O–H groups in total. The average molecular weight is 391 g/mol. The van der Waals surface area contributed by atoms with Crippen molar-refractivity contribution in [3.63, 3.8) is 0 Å². The minimum Gasteiger partial charge on any atom is -0.390 e. The second kappa shape index (κ2) is 7.39. The van der Waals surface area contributed by atoms with Crippen LogP contribution in [0.4, 0.5) is 8.78 Å². The number of β-amino-alcohol motifs (C(OH)–C–C–N with tert-alkyl or cyclic N) is 1. The fraction of sp³-hybridized carbons (Fsp3) is 0.400. The highest BCUT2D eigenvalue weighted by Crippen LogP contribution is 2.31. The number of nitrogens with zero attached hydrogens (tertiary/aromatic N) is 3. The van der Waals surface area contributed by atoms with Crippen LogP contribution in [0.5, 0.6) is 0 Å². The first kappa shape index (κ1) is 18.7. The monoisotopic (exact) mass is 391 g/mol. The molecule has 1 aliphatic heterocycles. The molecule has 1 fully saturated rings. The van der Waals surface area contributed by atoms with E-state index in [9.17, 15) is 13.9 Å². The molecular weight excluding hydrogens is 368 g/mol. The van der Waals surface area contributed by atoms with Crippen LogP contribution in [-0.2, 0) is 6.54 Å². The zero-order valence-corrected chi connectivity index (χ0v) is 16.2. The summed E-state index contributed by atoms with van der Waals surface area (Å²) >= 11 is 1.67. The van der Waals surface area contributed by atoms with E-state index in [0.29, 0.717) is 29.9 Å². The van der Waals surface area contributed by atoms with Gasteiger partial charge in [0.2, 0.25) is 0 Å². The van der Waals surface area contributed by atoms with Gasteiger partial charge in [-0.2, -0.15) is 0 Å². The molecule has 0 radical (unpaired) electrons. The van der Waals surface area contributed by atoms with Crippen molar-refractivity contribution in [1.29, 1.82) is 0 Å². The van der Waals surface area contributed by atoms with Crippen molar-refractivity contribution in [2.45, 2.75) is 32.5 Å². The smallest absolute Gasteiger partial charge is 0.123 e. The largest absolute Gasteiger partial charge is 0.390 e. The first-order valence-corrected chi connectivity index (χ1v) is 9.90. The molecule has 1 saturated heterocycles. The number of halogens is 2. The van der Waals surface area contributed by atoms with E-state index in [4.69, 9.17) is 0 Å². The van der Waals surface area contributed by atoms with Crippen molar-refractivity contribution < 1.29 is 13.9 Å². The summed E-state index contributed by atoms with van der Waals surface area (Å²) in [4.78, 5) is 0. The SMILES string of the molecule is CC(C)N1CCN(CC(O)Cn2c3ccc(F)cc3c3cc(F)ccc32)S1. The molecule has 1 atom stereocenters. The lowest BCUT2D eigenvalue weighted by Crippen LogP contribution is -2.29. The van der Waals surface area contributed by atoms with E-state index in [1.165, 1.54) is 24.3 Å². The summed E-state index contributed by atoms with van der Waals surface area (Å²) in [5, 5.41) is 12.0. The van der Waals surface area contributed by atoms with E-state index >= 15 is 0 Å². The van der Waals surface area contributed by atoms with Crippen molar-refractivity contribution in [2.24, 2.45) is 0 Å². The van der Waals surface area contributed by atoms with Crippen molar-refractivity contribution in [3.8, 4) is 0 Å². The highest BCUT2D eigenvalue weighted by atomic mass is 32.2. The molecule has 7 heteroatoms. The summed E-state index contributed by atoms with van der Waals surface area (Å²) in [5.41, 5.74) is 1.60. The van der Waals surface area contributed by atoms with Gasteiger partial charge in [-0.1, -0.05) is 0 Å². The van der Waals surface area contributed by atoms with Gasteiger partial charge in [0.25, 0.3) is 0 Å². The number of benzene rings is 2. The van der Waals surface area contributed by atoms with Gasteiger partial charge in [0.1, 0.15) is 11.6 Å². The number of hydrogen-bond donors (Lipinski definition) is 1. The zero-order valence-electron chi connectivity index (χ0n) is 15.4. The van der Waals surface area contributed by atoms with Crippen LogP contribution < -0.4 is 0 Å². The van der Waals surface area contributed by atoms with Gasteiger partial charge in [0, 0.05) is 59.6 Å². The molecule has 2 aromatic carbocycles. The Bertz CT molecular complexity index is 915. The maximum absolute atomic E-state index is 13.7. The van der Waals surface area contributed by atoms with Crippen molar-refractivity contribution >= 4 is 33.9 Å². The third kappa shape index (κ3) is 3.69. The number of aromatic nitrogens is 1. The van der Waals surface area contributed by atoms with E-state index in [1.54, 1.807) is 24.3 Å². The molecule has 4 nitrogen and oxygen atoms in total. The Kier molecular flexibility index (Phi) is 5.11. The fourth-order valence-corrected chi connectivity index (χ4v) is 4.72. The molecule has 1 aromatic heterocycles. The molecule has 2 heterocycles. The molecule has 3 aromatic rings. The second-order valence-electron chi connectivity index (χ2n) is 7.29. The van der Waals surface area contributed by atoms with Crippen LogP contribution >= 0.6 is 12.1 Å². The predicted molar refractivity (Wildman–Crippen MR) is 106 cm³/mol. The summed E-state index contributed by atoms with van der Waals surface area (Å²) in [6, 6.07) is 9.50. The number of hydrogen-bond acceptors (Lipinski definition) is 4. The topological polar surface area (TPSA) is 31.6 Å². The van der Waals surface area contributed by atoms with Gasteiger partial charge < -0.3 is 9.67 Å². The van der Waals surface area contributed by atoms with Crippen LogP contribution in [0.25, 0.3) is 21.8 Å². The Morgan fingerprint density at radius 2 is 1.56 bits per heavy atom. The highest BCUT2D eigenvalue weighted by Gasteiger charge is 2.25. The van der Waals surface area contributed by atoms with Gasteiger partial charge in [0.15, 0.2) is 0 Å². The molecule has 0 amide bonds. The molecule has 0 spiro atoms. The first-order chi connectivity index (χ1) is 12.9. The van der Waals surface area contributed by atoms with Gasteiger partial charge in [-0.15, -0.1) is 0 Å². The molecule has 4 rings (SSSR count). The van der Waals surface area contributed by atoms with E-state index < -0.39 is 6.10 Å². The normalized spacial score (nSPS) is 17.6. The maximum atomic E-state index is 13.7. The summed E-state index contributed by atoms with van der Waals surface area (Å²) in [5.74, 6) is -0.706. The Hall–Kier alpha value is -1.67. The second-order valence-corrected chi connectivity index (χ2v) is 8.44. The number of fused-ring (bicyclic) bond motifs is 3. The van der Waals surface area contributed by atoms with Crippen LogP contribution in [0.2, 0.25) is 0 Å². The minimum atomic E-state index is -0.585. The van der Waals surface area contributed by atoms with Crippen LogP contribution in [0, 0.1) is 11.6 Å². The predicted octanol–water partition coefficient (Wildman–Crippen LogP) is 4.02. The van der Waals surface area contributed by atoms with Gasteiger partial charge >= 0.3 is 0 Å². The number of aliphatic hydroxyl groups excluding tert-OH is 1. The lowest BCUT2D eigenvalue weighted by Gasteiger charge is -2.22. The van der Waals surface area contributed by atoms with Gasteiger partial charge in [-0.25, -0.2) is 17.4 Å². The summed E-state index contributed by atoms with van der Waals surface area (Å²) in [6.07, 6.45) is -0.585. The highest BCUT2D eigenvalue weighted by molar-refractivity contribution is 7.94. The third-order valence-corrected chi connectivity index (χ3v) is 6.34. The van der Waals surface area contributed by atoms with Gasteiger partial charge in [-0.3, -0.25) is 0 Å². The fourth-order valence-electron chi connectivity index (χ4n) is 3.67. The van der Waals surface area contributed by atoms with Gasteiger partial charge in [-0.05, 0) is 50.2 Å². The summed E-state index contributed by atoms with van der Waals surface area (Å²) in [6.45, 7) is 7.10. The van der Waals surface area contributed by atoms with Crippen LogP contribution in [0.3, 0.4) is 0 Å². The lowest BCUT2D eigenvalue weighted by atomic mass is 10.1. The Morgan fingerprint density at radius 1 is 0.963 bits per heavy atom. The van der Waals surface area contributed by atoms with E-state index in [2.05, 4.69) is 22.5 Å². The average Bonchev–Trinajstić information content (AvgIpc) is 3.19. The number of aliphatic hydroxyl groups is 1. The van der Waals surface area contributed by atoms with Crippen LogP contribution in [-0.4, -0.2) is 50.1 Å². The van der Waals surface area contributed by atoms with Crippen LogP contribution in [0.15, 0.2) is 36.4 Å². The molecule has 1 aliphatic rings. The summed E-state index contributed by atoms with van der Waals surface area (Å²) < 4.78 is 33.9. The Balaban J connectivity index is 1.61. The van der Waals surface area contributed by atoms with E-state index in [1.807, 2.05) is 4.57 Å². The molecule has 0 aliphatic carbocycles. The molecule has 27 heavy (non-hydrogen) atoms. The number of rotatable bonds is 5. The molecule has 1 unspecified atom stereocenters. The van der Waals surface area contributed by atoms with E-state index in [-0.39, 0.29) is 11.6 Å². The van der Waals surface area contributed by atoms with Crippen LogP contribution in [0.1, 0.15) is 13.8 Å². The van der Waals surface area contributed by atoms with Gasteiger partial charge in [0.05, 0.1) is 12.6 Å². The van der Waals surface area contributed by atoms with Crippen molar-refractivity contribution in [2.75, 3.05) is 19.6 Å². The standard InChI is InChI=1S/C20H23F2N3OS/c1-13(2)25-8-7-23(27-25)11-16(26)12-24-19-5-3-14(21)9-17(19)18-10-15(22)4-6-20(18)24/h3-6,9-10,13,16,26H,7-8,11-12H2,1-2H3. The Morgan fingerprint density at radius 3 is 2.07 bits per heavy atom.